The summed E-state index contributed by atoms with van der Waals surface area (Å²) in [5.41, 5.74) is 9.28. The van der Waals surface area contributed by atoms with Crippen LogP contribution < -0.4 is 0 Å². The molecule has 0 N–H and O–H groups in total. The first kappa shape index (κ1) is 22.8. The summed E-state index contributed by atoms with van der Waals surface area (Å²) >= 11 is 1.88. The zero-order valence-electron chi connectivity index (χ0n) is 22.2. The minimum atomic E-state index is 0.690. The topological polar surface area (TPSA) is 31.0 Å². The molecule has 0 atom stereocenters. The van der Waals surface area contributed by atoms with Crippen LogP contribution >= 0.6 is 11.3 Å². The van der Waals surface area contributed by atoms with Crippen molar-refractivity contribution in [2.75, 3.05) is 0 Å². The molecule has 4 heteroatoms. The number of oxazole rings is 1. The summed E-state index contributed by atoms with van der Waals surface area (Å²) in [6.07, 6.45) is 1.91. The lowest BCUT2D eigenvalue weighted by atomic mass is 9.95. The molecule has 0 bridgehead atoms. The third-order valence-electron chi connectivity index (χ3n) is 8.33. The van der Waals surface area contributed by atoms with Crippen LogP contribution in [-0.2, 0) is 12.8 Å². The van der Waals surface area contributed by atoms with Crippen molar-refractivity contribution in [3.63, 3.8) is 0 Å². The van der Waals surface area contributed by atoms with Crippen LogP contribution in [0.3, 0.4) is 0 Å². The number of aromatic nitrogens is 2. The molecular weight excluding hydrogens is 520 g/mol. The van der Waals surface area contributed by atoms with Gasteiger partial charge in [0.15, 0.2) is 5.76 Å². The Morgan fingerprint density at radius 3 is 2.05 bits per heavy atom. The number of thiophene rings is 1. The summed E-state index contributed by atoms with van der Waals surface area (Å²) < 4.78 is 10.2. The molecule has 0 amide bonds. The molecule has 194 valence electrons. The molecule has 0 fully saturated rings. The van der Waals surface area contributed by atoms with E-state index < -0.39 is 0 Å². The quantitative estimate of drug-likeness (QED) is 0.222. The molecule has 8 aromatic rings. The van der Waals surface area contributed by atoms with Crippen molar-refractivity contribution in [1.82, 2.24) is 9.55 Å². The molecular formula is C37H24N2OS. The molecule has 3 nitrogen and oxygen atoms in total. The smallest absolute Gasteiger partial charge is 0.227 e. The van der Waals surface area contributed by atoms with Crippen LogP contribution in [0.2, 0.25) is 0 Å². The van der Waals surface area contributed by atoms with Crippen LogP contribution in [0.5, 0.6) is 0 Å². The second kappa shape index (κ2) is 8.79. The molecule has 9 rings (SSSR count). The van der Waals surface area contributed by atoms with E-state index in [1.54, 1.807) is 0 Å². The van der Waals surface area contributed by atoms with Gasteiger partial charge in [-0.3, -0.25) is 0 Å². The van der Waals surface area contributed by atoms with Crippen molar-refractivity contribution >= 4 is 43.2 Å². The van der Waals surface area contributed by atoms with Gasteiger partial charge in [-0.2, -0.15) is 0 Å². The maximum atomic E-state index is 6.59. The number of fused-ring (bicyclic) bond motifs is 8. The van der Waals surface area contributed by atoms with Crippen LogP contribution in [-0.4, -0.2) is 9.55 Å². The summed E-state index contributed by atoms with van der Waals surface area (Å²) in [5, 5.41) is 3.79. The van der Waals surface area contributed by atoms with Crippen molar-refractivity contribution in [3.05, 3.63) is 132 Å². The third-order valence-corrected chi connectivity index (χ3v) is 9.56. The van der Waals surface area contributed by atoms with Crippen molar-refractivity contribution in [3.8, 4) is 39.6 Å². The fourth-order valence-corrected chi connectivity index (χ4v) is 7.59. The number of hydrogen-bond donors (Lipinski definition) is 0. The third kappa shape index (κ3) is 3.47. The Hall–Kier alpha value is -4.93. The Bertz CT molecular complexity index is 2200. The minimum Gasteiger partial charge on any atom is -0.436 e. The van der Waals surface area contributed by atoms with Crippen LogP contribution in [0, 0.1) is 0 Å². The van der Waals surface area contributed by atoms with Gasteiger partial charge < -0.3 is 8.98 Å². The first-order chi connectivity index (χ1) is 20.3. The zero-order valence-corrected chi connectivity index (χ0v) is 23.0. The molecule has 41 heavy (non-hydrogen) atoms. The number of para-hydroxylation sites is 2. The van der Waals surface area contributed by atoms with Gasteiger partial charge in [0.2, 0.25) is 5.89 Å². The van der Waals surface area contributed by atoms with E-state index >= 15 is 0 Å². The molecule has 0 aliphatic heterocycles. The van der Waals surface area contributed by atoms with Gasteiger partial charge in [-0.15, -0.1) is 11.3 Å². The molecule has 0 unspecified atom stereocenters. The number of benzene rings is 5. The van der Waals surface area contributed by atoms with Gasteiger partial charge in [-0.1, -0.05) is 72.8 Å². The van der Waals surface area contributed by atoms with Gasteiger partial charge in [0, 0.05) is 42.6 Å². The van der Waals surface area contributed by atoms with Crippen molar-refractivity contribution in [2.24, 2.45) is 0 Å². The molecule has 0 spiro atoms. The van der Waals surface area contributed by atoms with E-state index in [0.717, 1.165) is 35.5 Å². The average Bonchev–Trinajstić information content (AvgIpc) is 3.73. The summed E-state index contributed by atoms with van der Waals surface area (Å²) in [6.45, 7) is 0. The molecule has 0 saturated carbocycles. The first-order valence-electron chi connectivity index (χ1n) is 14.0. The van der Waals surface area contributed by atoms with Crippen LogP contribution in [0.25, 0.3) is 71.5 Å². The zero-order chi connectivity index (χ0) is 26.9. The maximum absolute atomic E-state index is 6.59. The van der Waals surface area contributed by atoms with Crippen LogP contribution in [0.1, 0.15) is 10.6 Å². The molecule has 0 saturated heterocycles. The Labute approximate surface area is 241 Å². The van der Waals surface area contributed by atoms with E-state index in [1.807, 2.05) is 11.3 Å². The van der Waals surface area contributed by atoms with Gasteiger partial charge in [-0.25, -0.2) is 4.98 Å². The van der Waals surface area contributed by atoms with Crippen molar-refractivity contribution in [2.45, 2.75) is 12.8 Å². The highest BCUT2D eigenvalue weighted by Gasteiger charge is 2.27. The van der Waals surface area contributed by atoms with E-state index in [2.05, 4.69) is 126 Å². The van der Waals surface area contributed by atoms with Gasteiger partial charge in [-0.05, 0) is 72.5 Å². The largest absolute Gasteiger partial charge is 0.436 e. The maximum Gasteiger partial charge on any atom is 0.227 e. The summed E-state index contributed by atoms with van der Waals surface area (Å²) in [5.74, 6) is 1.62. The number of aryl methyl sites for hydroxylation is 2. The monoisotopic (exact) mass is 544 g/mol. The molecule has 1 aliphatic rings. The van der Waals surface area contributed by atoms with Gasteiger partial charge in [0.1, 0.15) is 0 Å². The normalized spacial score (nSPS) is 12.7. The molecule has 1 aliphatic carbocycles. The van der Waals surface area contributed by atoms with E-state index in [-0.39, 0.29) is 0 Å². The number of rotatable bonds is 3. The minimum absolute atomic E-state index is 0.690. The Morgan fingerprint density at radius 2 is 1.29 bits per heavy atom. The van der Waals surface area contributed by atoms with Gasteiger partial charge in [0.05, 0.1) is 16.7 Å². The molecule has 0 radical (unpaired) electrons. The van der Waals surface area contributed by atoms with Crippen molar-refractivity contribution in [1.29, 1.82) is 0 Å². The molecule has 3 heterocycles. The molecule has 5 aromatic carbocycles. The SMILES string of the molecule is c1ccc(-c2ccc3sc4c(c3c2)-c2oc(-c3ccc(-n5c6ccccc6c6ccccc65)cc3)nc2CC4)cc1. The fraction of sp³-hybridized carbons (Fsp3) is 0.0541. The lowest BCUT2D eigenvalue weighted by Crippen LogP contribution is -1.99. The van der Waals surface area contributed by atoms with E-state index in [0.29, 0.717) is 5.89 Å². The van der Waals surface area contributed by atoms with E-state index in [4.69, 9.17) is 9.40 Å². The fourth-order valence-electron chi connectivity index (χ4n) is 6.41. The summed E-state index contributed by atoms with van der Waals surface area (Å²) in [4.78, 5) is 6.40. The lowest BCUT2D eigenvalue weighted by Gasteiger charge is -2.09. The van der Waals surface area contributed by atoms with E-state index in [1.165, 1.54) is 53.5 Å². The summed E-state index contributed by atoms with van der Waals surface area (Å²) in [7, 11) is 0. The second-order valence-electron chi connectivity index (χ2n) is 10.7. The number of nitrogens with zero attached hydrogens (tertiary/aromatic N) is 2. The standard InChI is InChI=1S/C37H24N2OS/c1-2-8-23(9-3-1)25-16-20-33-29(22-25)35-34(41-33)21-19-30-36(35)40-37(38-30)24-14-17-26(18-15-24)39-31-12-6-4-10-27(31)28-11-5-7-13-32(28)39/h1-18,20,22H,19,21H2. The van der Waals surface area contributed by atoms with Gasteiger partial charge in [0.25, 0.3) is 0 Å². The molecule has 3 aromatic heterocycles. The second-order valence-corrected chi connectivity index (χ2v) is 11.8. The first-order valence-corrected chi connectivity index (χ1v) is 14.8. The predicted molar refractivity (Wildman–Crippen MR) is 170 cm³/mol. The highest BCUT2D eigenvalue weighted by atomic mass is 32.1. The Balaban J connectivity index is 1.13. The Morgan fingerprint density at radius 1 is 0.610 bits per heavy atom. The summed E-state index contributed by atoms with van der Waals surface area (Å²) in [6, 6.07) is 43.2. The van der Waals surface area contributed by atoms with Crippen LogP contribution in [0.15, 0.2) is 126 Å². The average molecular weight is 545 g/mol. The predicted octanol–water partition coefficient (Wildman–Crippen LogP) is 10.1. The Kier molecular flexibility index (Phi) is 4.89. The van der Waals surface area contributed by atoms with Crippen LogP contribution in [0.4, 0.5) is 0 Å². The van der Waals surface area contributed by atoms with E-state index in [9.17, 15) is 0 Å². The number of hydrogen-bond acceptors (Lipinski definition) is 3. The van der Waals surface area contributed by atoms with Gasteiger partial charge >= 0.3 is 0 Å². The highest BCUT2D eigenvalue weighted by Crippen LogP contribution is 2.46. The lowest BCUT2D eigenvalue weighted by molar-refractivity contribution is 0.585. The highest BCUT2D eigenvalue weighted by molar-refractivity contribution is 7.19. The van der Waals surface area contributed by atoms with Crippen molar-refractivity contribution < 1.29 is 4.42 Å².